The van der Waals surface area contributed by atoms with Crippen LogP contribution >= 0.6 is 0 Å². The summed E-state index contributed by atoms with van der Waals surface area (Å²) in [6.45, 7) is 12.2. The van der Waals surface area contributed by atoms with E-state index in [1.165, 1.54) is 0 Å². The molecule has 0 fully saturated rings. The molecule has 0 unspecified atom stereocenters. The van der Waals surface area contributed by atoms with Crippen LogP contribution in [0.1, 0.15) is 32.9 Å². The van der Waals surface area contributed by atoms with Crippen molar-refractivity contribution < 1.29 is 9.16 Å². The minimum atomic E-state index is -1.61. The highest BCUT2D eigenvalue weighted by Crippen LogP contribution is 2.36. The van der Waals surface area contributed by atoms with E-state index in [1.54, 1.807) is 7.11 Å². The molecule has 19 heavy (non-hydrogen) atoms. The van der Waals surface area contributed by atoms with Crippen LogP contribution in [-0.4, -0.2) is 27.0 Å². The fourth-order valence-corrected chi connectivity index (χ4v) is 2.60. The van der Waals surface area contributed by atoms with Crippen LogP contribution in [0.15, 0.2) is 18.2 Å². The summed E-state index contributed by atoms with van der Waals surface area (Å²) in [6.07, 6.45) is 1.94. The number of aryl methyl sites for hydroxylation is 1. The third-order valence-corrected chi connectivity index (χ3v) is 8.37. The Hall–Kier alpha value is -0.873. The first-order valence-corrected chi connectivity index (χ1v) is 9.81. The second-order valence-electron chi connectivity index (χ2n) is 6.38. The lowest BCUT2D eigenvalue weighted by Gasteiger charge is -2.36. The topological polar surface area (TPSA) is 31.4 Å². The SMILES string of the molecule is COc1cccc(CCCO[Si](C)(C)C(C)(C)C)n1. The molecule has 0 N–H and O–H groups in total. The van der Waals surface area contributed by atoms with Gasteiger partial charge in [-0.2, -0.15) is 0 Å². The van der Waals surface area contributed by atoms with Crippen LogP contribution in [-0.2, 0) is 10.8 Å². The number of hydrogen-bond donors (Lipinski definition) is 0. The molecule has 0 aliphatic carbocycles. The summed E-state index contributed by atoms with van der Waals surface area (Å²) >= 11 is 0. The van der Waals surface area contributed by atoms with Crippen LogP contribution < -0.4 is 4.74 Å². The van der Waals surface area contributed by atoms with Gasteiger partial charge in [0.1, 0.15) is 0 Å². The zero-order valence-corrected chi connectivity index (χ0v) is 14.1. The van der Waals surface area contributed by atoms with E-state index < -0.39 is 8.32 Å². The van der Waals surface area contributed by atoms with E-state index in [-0.39, 0.29) is 5.04 Å². The first kappa shape index (κ1) is 16.2. The minimum Gasteiger partial charge on any atom is -0.481 e. The zero-order valence-electron chi connectivity index (χ0n) is 13.1. The molecule has 3 nitrogen and oxygen atoms in total. The van der Waals surface area contributed by atoms with Gasteiger partial charge in [0.05, 0.1) is 7.11 Å². The first-order valence-electron chi connectivity index (χ1n) is 6.90. The van der Waals surface area contributed by atoms with Gasteiger partial charge in [-0.1, -0.05) is 26.8 Å². The Bertz CT molecular complexity index is 399. The number of nitrogens with zero attached hydrogens (tertiary/aromatic N) is 1. The molecule has 0 aromatic carbocycles. The van der Waals surface area contributed by atoms with Gasteiger partial charge in [-0.15, -0.1) is 0 Å². The molecular formula is C15H27NO2Si. The lowest BCUT2D eigenvalue weighted by atomic mass is 10.2. The average Bonchev–Trinajstić information content (AvgIpc) is 2.33. The van der Waals surface area contributed by atoms with E-state index in [0.717, 1.165) is 25.1 Å². The summed E-state index contributed by atoms with van der Waals surface area (Å²) in [4.78, 5) is 4.41. The Kier molecular flexibility index (Phi) is 5.56. The second-order valence-corrected chi connectivity index (χ2v) is 11.2. The standard InChI is InChI=1S/C15H27NO2Si/c1-15(2,3)19(5,6)18-12-8-10-13-9-7-11-14(16-13)17-4/h7,9,11H,8,10,12H2,1-6H3. The van der Waals surface area contributed by atoms with Gasteiger partial charge in [-0.3, -0.25) is 0 Å². The maximum Gasteiger partial charge on any atom is 0.213 e. The van der Waals surface area contributed by atoms with Crippen LogP contribution in [0.5, 0.6) is 5.88 Å². The molecule has 0 atom stereocenters. The van der Waals surface area contributed by atoms with Crippen molar-refractivity contribution in [1.29, 1.82) is 0 Å². The molecule has 0 bridgehead atoms. The van der Waals surface area contributed by atoms with Crippen molar-refractivity contribution in [1.82, 2.24) is 4.98 Å². The van der Waals surface area contributed by atoms with Gasteiger partial charge in [0.25, 0.3) is 0 Å². The van der Waals surface area contributed by atoms with Gasteiger partial charge in [-0.25, -0.2) is 4.98 Å². The number of ether oxygens (including phenoxy) is 1. The van der Waals surface area contributed by atoms with E-state index >= 15 is 0 Å². The summed E-state index contributed by atoms with van der Waals surface area (Å²) in [5, 5.41) is 0.279. The molecule has 1 heterocycles. The Morgan fingerprint density at radius 1 is 1.21 bits per heavy atom. The molecular weight excluding hydrogens is 254 g/mol. The quantitative estimate of drug-likeness (QED) is 0.582. The fraction of sp³-hybridized carbons (Fsp3) is 0.667. The van der Waals surface area contributed by atoms with E-state index in [1.807, 2.05) is 18.2 Å². The predicted octanol–water partition coefficient (Wildman–Crippen LogP) is 4.04. The van der Waals surface area contributed by atoms with Crippen molar-refractivity contribution in [2.45, 2.75) is 51.7 Å². The van der Waals surface area contributed by atoms with Gasteiger partial charge in [0.2, 0.25) is 5.88 Å². The highest BCUT2D eigenvalue weighted by atomic mass is 28.4. The smallest absolute Gasteiger partial charge is 0.213 e. The van der Waals surface area contributed by atoms with Crippen molar-refractivity contribution in [3.05, 3.63) is 23.9 Å². The van der Waals surface area contributed by atoms with E-state index in [2.05, 4.69) is 38.8 Å². The van der Waals surface area contributed by atoms with Crippen LogP contribution in [0.3, 0.4) is 0 Å². The van der Waals surface area contributed by atoms with Gasteiger partial charge in [-0.05, 0) is 37.0 Å². The summed E-state index contributed by atoms with van der Waals surface area (Å²) in [5.74, 6) is 0.683. The van der Waals surface area contributed by atoms with Gasteiger partial charge < -0.3 is 9.16 Å². The third-order valence-electron chi connectivity index (χ3n) is 3.84. The first-order chi connectivity index (χ1) is 8.76. The molecule has 0 amide bonds. The Morgan fingerprint density at radius 2 is 1.89 bits per heavy atom. The Morgan fingerprint density at radius 3 is 2.47 bits per heavy atom. The van der Waals surface area contributed by atoms with Crippen LogP contribution in [0, 0.1) is 0 Å². The molecule has 4 heteroatoms. The molecule has 1 rings (SSSR count). The maximum atomic E-state index is 6.15. The monoisotopic (exact) mass is 281 g/mol. The molecule has 0 spiro atoms. The lowest BCUT2D eigenvalue weighted by Crippen LogP contribution is -2.41. The number of pyridine rings is 1. The summed E-state index contributed by atoms with van der Waals surface area (Å²) in [7, 11) is 0.0395. The zero-order chi connectivity index (χ0) is 14.5. The van der Waals surface area contributed by atoms with Crippen LogP contribution in [0.25, 0.3) is 0 Å². The van der Waals surface area contributed by atoms with Crippen molar-refractivity contribution in [3.63, 3.8) is 0 Å². The normalized spacial score (nSPS) is 12.5. The van der Waals surface area contributed by atoms with E-state index in [4.69, 9.17) is 9.16 Å². The summed E-state index contributed by atoms with van der Waals surface area (Å²) in [5.41, 5.74) is 1.07. The van der Waals surface area contributed by atoms with Crippen LogP contribution in [0.2, 0.25) is 18.1 Å². The average molecular weight is 281 g/mol. The van der Waals surface area contributed by atoms with Gasteiger partial charge in [0.15, 0.2) is 8.32 Å². The van der Waals surface area contributed by atoms with Gasteiger partial charge >= 0.3 is 0 Å². The summed E-state index contributed by atoms with van der Waals surface area (Å²) in [6, 6.07) is 5.89. The maximum absolute atomic E-state index is 6.15. The molecule has 0 radical (unpaired) electrons. The fourth-order valence-electron chi connectivity index (χ4n) is 1.51. The number of hydrogen-bond acceptors (Lipinski definition) is 3. The van der Waals surface area contributed by atoms with Crippen molar-refractivity contribution in [3.8, 4) is 5.88 Å². The lowest BCUT2D eigenvalue weighted by molar-refractivity contribution is 0.282. The van der Waals surface area contributed by atoms with Crippen molar-refractivity contribution >= 4 is 8.32 Å². The molecule has 108 valence electrons. The van der Waals surface area contributed by atoms with Crippen LogP contribution in [0.4, 0.5) is 0 Å². The molecule has 1 aromatic heterocycles. The van der Waals surface area contributed by atoms with Crippen molar-refractivity contribution in [2.24, 2.45) is 0 Å². The molecule has 0 saturated carbocycles. The van der Waals surface area contributed by atoms with Crippen molar-refractivity contribution in [2.75, 3.05) is 13.7 Å². The summed E-state index contributed by atoms with van der Waals surface area (Å²) < 4.78 is 11.3. The number of methoxy groups -OCH3 is 1. The third kappa shape index (κ3) is 4.95. The highest BCUT2D eigenvalue weighted by Gasteiger charge is 2.36. The van der Waals surface area contributed by atoms with Gasteiger partial charge in [0, 0.05) is 18.4 Å². The Labute approximate surface area is 118 Å². The molecule has 0 aliphatic rings. The Balaban J connectivity index is 2.39. The minimum absolute atomic E-state index is 0.279. The van der Waals surface area contributed by atoms with E-state index in [0.29, 0.717) is 5.88 Å². The predicted molar refractivity (Wildman–Crippen MR) is 82.3 cm³/mol. The number of aromatic nitrogens is 1. The molecule has 1 aromatic rings. The highest BCUT2D eigenvalue weighted by molar-refractivity contribution is 6.74. The molecule has 0 saturated heterocycles. The largest absolute Gasteiger partial charge is 0.481 e. The van der Waals surface area contributed by atoms with E-state index in [9.17, 15) is 0 Å². The molecule has 0 aliphatic heterocycles. The second kappa shape index (κ2) is 6.53. The number of rotatable bonds is 6.